The van der Waals surface area contributed by atoms with Crippen LogP contribution >= 0.6 is 0 Å². The highest BCUT2D eigenvalue weighted by Gasteiger charge is 2.29. The van der Waals surface area contributed by atoms with E-state index in [1.54, 1.807) is 4.90 Å². The number of ether oxygens (including phenoxy) is 1. The Morgan fingerprint density at radius 2 is 1.79 bits per heavy atom. The second-order valence-electron chi connectivity index (χ2n) is 8.23. The Morgan fingerprint density at radius 1 is 1.10 bits per heavy atom. The van der Waals surface area contributed by atoms with Crippen molar-refractivity contribution in [1.29, 1.82) is 0 Å². The van der Waals surface area contributed by atoms with Gasteiger partial charge in [0.2, 0.25) is 5.91 Å². The maximum absolute atomic E-state index is 13.2. The fourth-order valence-corrected chi connectivity index (χ4v) is 3.29. The molecule has 0 aliphatic rings. The molecular formula is C24H28N2O3. The van der Waals surface area contributed by atoms with Crippen molar-refractivity contribution in [3.05, 3.63) is 70.0 Å². The molecule has 0 aliphatic carbocycles. The molecule has 3 aromatic rings. The molecule has 5 nitrogen and oxygen atoms in total. The second kappa shape index (κ2) is 8.11. The number of hydrogen-bond acceptors (Lipinski definition) is 3. The molecule has 0 bridgehead atoms. The topological polar surface area (TPSA) is 62.4 Å². The van der Waals surface area contributed by atoms with Gasteiger partial charge in [0.1, 0.15) is 5.75 Å². The van der Waals surface area contributed by atoms with E-state index in [9.17, 15) is 9.59 Å². The minimum Gasteiger partial charge on any atom is -0.494 e. The van der Waals surface area contributed by atoms with Gasteiger partial charge in [0.15, 0.2) is 0 Å². The quantitative estimate of drug-likeness (QED) is 0.677. The predicted octanol–water partition coefficient (Wildman–Crippen LogP) is 4.81. The van der Waals surface area contributed by atoms with Crippen molar-refractivity contribution in [1.82, 2.24) is 4.98 Å². The zero-order valence-electron chi connectivity index (χ0n) is 17.7. The van der Waals surface area contributed by atoms with Gasteiger partial charge in [-0.2, -0.15) is 0 Å². The van der Waals surface area contributed by atoms with Gasteiger partial charge in [-0.3, -0.25) is 9.59 Å². The lowest BCUT2D eigenvalue weighted by Gasteiger charge is -2.29. The molecule has 0 unspecified atom stereocenters. The summed E-state index contributed by atoms with van der Waals surface area (Å²) in [7, 11) is 0. The summed E-state index contributed by atoms with van der Waals surface area (Å²) >= 11 is 0. The van der Waals surface area contributed by atoms with Crippen molar-refractivity contribution in [3.63, 3.8) is 0 Å². The number of aryl methyl sites for hydroxylation is 1. The number of amides is 1. The normalized spacial score (nSPS) is 11.5. The summed E-state index contributed by atoms with van der Waals surface area (Å²) in [6, 6.07) is 15.2. The fourth-order valence-electron chi connectivity index (χ4n) is 3.29. The summed E-state index contributed by atoms with van der Waals surface area (Å²) in [6.07, 6.45) is 0. The highest BCUT2D eigenvalue weighted by Crippen LogP contribution is 2.27. The lowest BCUT2D eigenvalue weighted by atomic mass is 9.94. The van der Waals surface area contributed by atoms with Gasteiger partial charge < -0.3 is 14.6 Å². The van der Waals surface area contributed by atoms with Crippen LogP contribution in [0.5, 0.6) is 5.75 Å². The number of anilines is 1. The number of hydrogen-bond donors (Lipinski definition) is 1. The van der Waals surface area contributed by atoms with Crippen LogP contribution in [0.15, 0.2) is 53.3 Å². The van der Waals surface area contributed by atoms with Crippen molar-refractivity contribution < 1.29 is 9.53 Å². The minimum absolute atomic E-state index is 0.0506. The zero-order valence-corrected chi connectivity index (χ0v) is 17.7. The Bertz CT molecular complexity index is 1080. The summed E-state index contributed by atoms with van der Waals surface area (Å²) in [5.74, 6) is 0.698. The third-order valence-electron chi connectivity index (χ3n) is 4.84. The predicted molar refractivity (Wildman–Crippen MR) is 118 cm³/mol. The van der Waals surface area contributed by atoms with Crippen molar-refractivity contribution in [2.24, 2.45) is 5.41 Å². The van der Waals surface area contributed by atoms with Crippen LogP contribution in [0.4, 0.5) is 5.69 Å². The maximum atomic E-state index is 13.2. The van der Waals surface area contributed by atoms with E-state index < -0.39 is 5.41 Å². The first-order chi connectivity index (χ1) is 13.7. The van der Waals surface area contributed by atoms with Crippen LogP contribution in [0, 0.1) is 12.3 Å². The van der Waals surface area contributed by atoms with Crippen LogP contribution in [0.25, 0.3) is 10.9 Å². The third-order valence-corrected chi connectivity index (χ3v) is 4.84. The van der Waals surface area contributed by atoms with Crippen molar-refractivity contribution in [3.8, 4) is 5.75 Å². The lowest BCUT2D eigenvalue weighted by molar-refractivity contribution is -0.125. The largest absolute Gasteiger partial charge is 0.494 e. The molecule has 29 heavy (non-hydrogen) atoms. The molecule has 0 spiro atoms. The minimum atomic E-state index is -0.585. The molecule has 0 radical (unpaired) electrons. The van der Waals surface area contributed by atoms with Gasteiger partial charge in [0, 0.05) is 16.7 Å². The molecule has 0 saturated carbocycles. The molecule has 3 rings (SSSR count). The van der Waals surface area contributed by atoms with E-state index in [1.165, 1.54) is 0 Å². The van der Waals surface area contributed by atoms with Crippen molar-refractivity contribution >= 4 is 22.5 Å². The van der Waals surface area contributed by atoms with Crippen LogP contribution in [0.1, 0.15) is 38.8 Å². The smallest absolute Gasteiger partial charge is 0.253 e. The molecule has 1 heterocycles. The molecule has 2 aromatic carbocycles. The number of carbonyl (C=O) groups is 1. The number of nitrogens with zero attached hydrogens (tertiary/aromatic N) is 1. The Balaban J connectivity index is 2.03. The molecule has 1 N–H and O–H groups in total. The van der Waals surface area contributed by atoms with E-state index in [0.29, 0.717) is 12.2 Å². The van der Waals surface area contributed by atoms with Gasteiger partial charge in [-0.15, -0.1) is 0 Å². The highest BCUT2D eigenvalue weighted by molar-refractivity contribution is 5.97. The molecule has 1 amide bonds. The van der Waals surface area contributed by atoms with Gasteiger partial charge >= 0.3 is 0 Å². The van der Waals surface area contributed by atoms with Gasteiger partial charge in [-0.1, -0.05) is 39.0 Å². The Hall–Kier alpha value is -3.08. The molecule has 1 aromatic heterocycles. The lowest BCUT2D eigenvalue weighted by Crippen LogP contribution is -2.40. The summed E-state index contributed by atoms with van der Waals surface area (Å²) in [6.45, 7) is 10.3. The maximum Gasteiger partial charge on any atom is 0.253 e. The average Bonchev–Trinajstić information content (AvgIpc) is 2.67. The summed E-state index contributed by atoms with van der Waals surface area (Å²) < 4.78 is 5.51. The first kappa shape index (κ1) is 20.6. The van der Waals surface area contributed by atoms with Crippen molar-refractivity contribution in [2.45, 2.75) is 41.2 Å². The molecule has 5 heteroatoms. The van der Waals surface area contributed by atoms with E-state index in [1.807, 2.05) is 83.1 Å². The molecular weight excluding hydrogens is 364 g/mol. The molecule has 0 aliphatic heterocycles. The van der Waals surface area contributed by atoms with Crippen LogP contribution in [0.3, 0.4) is 0 Å². The van der Waals surface area contributed by atoms with Gasteiger partial charge in [0.25, 0.3) is 5.56 Å². The van der Waals surface area contributed by atoms with Crippen molar-refractivity contribution in [2.75, 3.05) is 11.5 Å². The van der Waals surface area contributed by atoms with E-state index >= 15 is 0 Å². The number of para-hydroxylation sites is 1. The number of pyridine rings is 1. The fraction of sp³-hybridized carbons (Fsp3) is 0.333. The van der Waals surface area contributed by atoms with E-state index in [2.05, 4.69) is 4.98 Å². The Kier molecular flexibility index (Phi) is 5.78. The third kappa shape index (κ3) is 4.50. The summed E-state index contributed by atoms with van der Waals surface area (Å²) in [4.78, 5) is 30.6. The Morgan fingerprint density at radius 3 is 2.41 bits per heavy atom. The van der Waals surface area contributed by atoms with Gasteiger partial charge in [-0.25, -0.2) is 0 Å². The van der Waals surface area contributed by atoms with Crippen LogP contribution in [-0.2, 0) is 11.3 Å². The molecule has 0 saturated heterocycles. The monoisotopic (exact) mass is 392 g/mol. The van der Waals surface area contributed by atoms with Crippen LogP contribution in [-0.4, -0.2) is 17.5 Å². The first-order valence-corrected chi connectivity index (χ1v) is 9.87. The molecule has 152 valence electrons. The highest BCUT2D eigenvalue weighted by atomic mass is 16.5. The zero-order chi connectivity index (χ0) is 21.2. The number of carbonyl (C=O) groups excluding carboxylic acids is 1. The van der Waals surface area contributed by atoms with E-state index in [4.69, 9.17) is 4.74 Å². The number of fused-ring (bicyclic) bond motifs is 1. The van der Waals surface area contributed by atoms with Crippen LogP contribution in [0.2, 0.25) is 0 Å². The average molecular weight is 392 g/mol. The summed E-state index contributed by atoms with van der Waals surface area (Å²) in [5, 5.41) is 0.953. The SMILES string of the molecule is CCOc1ccc(N(Cc2cc3cccc(C)c3[nH]c2=O)C(=O)C(C)(C)C)cc1. The number of benzene rings is 2. The van der Waals surface area contributed by atoms with E-state index in [0.717, 1.165) is 27.9 Å². The number of nitrogens with one attached hydrogen (secondary N) is 1. The van der Waals surface area contributed by atoms with Gasteiger partial charge in [0.05, 0.1) is 18.7 Å². The molecule has 0 atom stereocenters. The second-order valence-corrected chi connectivity index (χ2v) is 8.23. The number of H-pyrrole nitrogens is 1. The van der Waals surface area contributed by atoms with Gasteiger partial charge in [-0.05, 0) is 55.1 Å². The van der Waals surface area contributed by atoms with E-state index in [-0.39, 0.29) is 18.0 Å². The van der Waals surface area contributed by atoms with Crippen LogP contribution < -0.4 is 15.2 Å². The number of aromatic amines is 1. The standard InChI is InChI=1S/C24H28N2O3/c1-6-29-20-12-10-19(11-13-20)26(23(28)24(3,4)5)15-18-14-17-9-7-8-16(2)21(17)25-22(18)27/h7-14H,6,15H2,1-5H3,(H,25,27). The summed E-state index contributed by atoms with van der Waals surface area (Å²) in [5.41, 5.74) is 2.37. The Labute approximate surface area is 171 Å². The molecule has 0 fully saturated rings. The number of aromatic nitrogens is 1. The number of rotatable bonds is 5. The first-order valence-electron chi connectivity index (χ1n) is 9.87.